The van der Waals surface area contributed by atoms with Crippen molar-refractivity contribution in [2.45, 2.75) is 44.8 Å². The standard InChI is InChI=1S/C23H26N2O2/c26-23(25-22-18-9-15-8-16(11-18)12-19(22)10-15)17-6-7-20(24-13-17)14-27-21-4-2-1-3-5-21/h1-7,13,15-16,18-19,22H,8-12,14H2,(H,25,26). The topological polar surface area (TPSA) is 51.2 Å². The number of carbonyl (C=O) groups is 1. The van der Waals surface area contributed by atoms with Gasteiger partial charge in [-0.05, 0) is 80.0 Å². The lowest BCUT2D eigenvalue weighted by molar-refractivity contribution is -0.0119. The molecule has 1 heterocycles. The van der Waals surface area contributed by atoms with Crippen molar-refractivity contribution >= 4 is 5.91 Å². The summed E-state index contributed by atoms with van der Waals surface area (Å²) < 4.78 is 5.72. The summed E-state index contributed by atoms with van der Waals surface area (Å²) in [6, 6.07) is 13.8. The molecule has 4 aliphatic carbocycles. The number of pyridine rings is 1. The lowest BCUT2D eigenvalue weighted by Gasteiger charge is -2.54. The molecule has 4 bridgehead atoms. The second kappa shape index (κ2) is 6.99. The smallest absolute Gasteiger partial charge is 0.253 e. The fraction of sp³-hybridized carbons (Fsp3) is 0.478. The number of carbonyl (C=O) groups excluding carboxylic acids is 1. The van der Waals surface area contributed by atoms with Gasteiger partial charge in [0, 0.05) is 12.2 Å². The van der Waals surface area contributed by atoms with E-state index in [1.54, 1.807) is 6.20 Å². The Kier molecular flexibility index (Phi) is 4.35. The molecule has 0 saturated heterocycles. The molecule has 0 aliphatic heterocycles. The number of ether oxygens (including phenoxy) is 1. The van der Waals surface area contributed by atoms with Crippen LogP contribution in [-0.2, 0) is 6.61 Å². The van der Waals surface area contributed by atoms with E-state index in [1.807, 2.05) is 42.5 Å². The van der Waals surface area contributed by atoms with E-state index in [2.05, 4.69) is 10.3 Å². The Morgan fingerprint density at radius 1 is 0.963 bits per heavy atom. The highest BCUT2D eigenvalue weighted by Gasteiger charge is 2.48. The van der Waals surface area contributed by atoms with Gasteiger partial charge in [0.2, 0.25) is 0 Å². The average molecular weight is 362 g/mol. The maximum Gasteiger partial charge on any atom is 0.253 e. The van der Waals surface area contributed by atoms with Crippen LogP contribution in [-0.4, -0.2) is 16.9 Å². The molecule has 1 aromatic carbocycles. The van der Waals surface area contributed by atoms with Gasteiger partial charge in [-0.1, -0.05) is 18.2 Å². The largest absolute Gasteiger partial charge is 0.487 e. The number of benzene rings is 1. The molecular weight excluding hydrogens is 336 g/mol. The monoisotopic (exact) mass is 362 g/mol. The fourth-order valence-electron chi connectivity index (χ4n) is 5.71. The van der Waals surface area contributed by atoms with Crippen molar-refractivity contribution in [2.24, 2.45) is 23.7 Å². The number of nitrogens with one attached hydrogen (secondary N) is 1. The van der Waals surface area contributed by atoms with Crippen molar-refractivity contribution in [3.05, 3.63) is 59.9 Å². The van der Waals surface area contributed by atoms with Crippen LogP contribution >= 0.6 is 0 Å². The van der Waals surface area contributed by atoms with Gasteiger partial charge in [0.05, 0.1) is 11.3 Å². The highest BCUT2D eigenvalue weighted by molar-refractivity contribution is 5.94. The molecule has 1 N–H and O–H groups in total. The molecule has 2 aromatic rings. The Bertz CT molecular complexity index is 775. The summed E-state index contributed by atoms with van der Waals surface area (Å²) in [6.45, 7) is 0.404. The Labute approximate surface area is 160 Å². The normalized spacial score (nSPS) is 30.9. The van der Waals surface area contributed by atoms with Crippen LogP contribution in [0.3, 0.4) is 0 Å². The van der Waals surface area contributed by atoms with E-state index < -0.39 is 0 Å². The summed E-state index contributed by atoms with van der Waals surface area (Å²) in [6.07, 6.45) is 8.36. The maximum absolute atomic E-state index is 12.7. The zero-order chi connectivity index (χ0) is 18.2. The summed E-state index contributed by atoms with van der Waals surface area (Å²) in [4.78, 5) is 17.2. The van der Waals surface area contributed by atoms with Gasteiger partial charge >= 0.3 is 0 Å². The SMILES string of the molecule is O=C(NC1C2CC3CC(C2)CC1C3)c1ccc(COc2ccccc2)nc1. The van der Waals surface area contributed by atoms with Crippen molar-refractivity contribution in [1.29, 1.82) is 0 Å². The number of hydrogen-bond donors (Lipinski definition) is 1. The molecule has 0 unspecified atom stereocenters. The van der Waals surface area contributed by atoms with Gasteiger partial charge in [0.15, 0.2) is 0 Å². The Morgan fingerprint density at radius 2 is 1.67 bits per heavy atom. The van der Waals surface area contributed by atoms with E-state index in [1.165, 1.54) is 32.1 Å². The third-order valence-electron chi connectivity index (χ3n) is 6.74. The summed E-state index contributed by atoms with van der Waals surface area (Å²) in [5.74, 6) is 4.07. The first-order valence-electron chi connectivity index (χ1n) is 10.2. The van der Waals surface area contributed by atoms with Crippen LogP contribution in [0.1, 0.15) is 48.2 Å². The van der Waals surface area contributed by atoms with Crippen LogP contribution in [0.15, 0.2) is 48.7 Å². The molecule has 4 fully saturated rings. The number of nitrogens with zero attached hydrogens (tertiary/aromatic N) is 1. The van der Waals surface area contributed by atoms with E-state index >= 15 is 0 Å². The molecule has 0 spiro atoms. The van der Waals surface area contributed by atoms with E-state index in [0.29, 0.717) is 30.0 Å². The van der Waals surface area contributed by atoms with Gasteiger partial charge in [-0.3, -0.25) is 9.78 Å². The lowest BCUT2D eigenvalue weighted by Crippen LogP contribution is -2.55. The van der Waals surface area contributed by atoms with Gasteiger partial charge in [-0.2, -0.15) is 0 Å². The summed E-state index contributed by atoms with van der Waals surface area (Å²) in [7, 11) is 0. The van der Waals surface area contributed by atoms with Crippen LogP contribution in [0.25, 0.3) is 0 Å². The molecule has 6 rings (SSSR count). The van der Waals surface area contributed by atoms with Crippen LogP contribution in [0.4, 0.5) is 0 Å². The molecule has 27 heavy (non-hydrogen) atoms. The Balaban J connectivity index is 1.20. The van der Waals surface area contributed by atoms with Crippen molar-refractivity contribution < 1.29 is 9.53 Å². The van der Waals surface area contributed by atoms with Crippen molar-refractivity contribution in [3.8, 4) is 5.75 Å². The van der Waals surface area contributed by atoms with Gasteiger partial charge < -0.3 is 10.1 Å². The number of rotatable bonds is 5. The summed E-state index contributed by atoms with van der Waals surface area (Å²) in [5.41, 5.74) is 1.47. The predicted octanol–water partition coefficient (Wildman–Crippen LogP) is 4.22. The van der Waals surface area contributed by atoms with E-state index in [4.69, 9.17) is 4.74 Å². The van der Waals surface area contributed by atoms with Crippen LogP contribution in [0.5, 0.6) is 5.75 Å². The summed E-state index contributed by atoms with van der Waals surface area (Å²) >= 11 is 0. The van der Waals surface area contributed by atoms with Crippen LogP contribution in [0, 0.1) is 23.7 Å². The molecule has 4 nitrogen and oxygen atoms in total. The summed E-state index contributed by atoms with van der Waals surface area (Å²) in [5, 5.41) is 3.35. The van der Waals surface area contributed by atoms with Gasteiger partial charge in [0.1, 0.15) is 12.4 Å². The van der Waals surface area contributed by atoms with Crippen molar-refractivity contribution in [2.75, 3.05) is 0 Å². The third kappa shape index (κ3) is 3.45. The first kappa shape index (κ1) is 16.8. The van der Waals surface area contributed by atoms with Crippen molar-refractivity contribution in [1.82, 2.24) is 10.3 Å². The molecular formula is C23H26N2O2. The minimum Gasteiger partial charge on any atom is -0.487 e. The highest BCUT2D eigenvalue weighted by atomic mass is 16.5. The third-order valence-corrected chi connectivity index (χ3v) is 6.74. The number of para-hydroxylation sites is 1. The zero-order valence-electron chi connectivity index (χ0n) is 15.5. The minimum atomic E-state index is 0.0236. The highest BCUT2D eigenvalue weighted by Crippen LogP contribution is 2.53. The molecule has 1 aromatic heterocycles. The molecule has 0 radical (unpaired) electrons. The predicted molar refractivity (Wildman–Crippen MR) is 103 cm³/mol. The Hall–Kier alpha value is -2.36. The second-order valence-corrected chi connectivity index (χ2v) is 8.57. The average Bonchev–Trinajstić information content (AvgIpc) is 2.70. The lowest BCUT2D eigenvalue weighted by atomic mass is 9.54. The van der Waals surface area contributed by atoms with Gasteiger partial charge in [-0.25, -0.2) is 0 Å². The number of amides is 1. The van der Waals surface area contributed by atoms with E-state index in [-0.39, 0.29) is 5.91 Å². The molecule has 4 heteroatoms. The zero-order valence-corrected chi connectivity index (χ0v) is 15.5. The maximum atomic E-state index is 12.7. The Morgan fingerprint density at radius 3 is 2.30 bits per heavy atom. The van der Waals surface area contributed by atoms with E-state index in [9.17, 15) is 4.79 Å². The molecule has 140 valence electrons. The fourth-order valence-corrected chi connectivity index (χ4v) is 5.71. The van der Waals surface area contributed by atoms with Crippen LogP contribution in [0.2, 0.25) is 0 Å². The van der Waals surface area contributed by atoms with Crippen molar-refractivity contribution in [3.63, 3.8) is 0 Å². The van der Waals surface area contributed by atoms with Crippen LogP contribution < -0.4 is 10.1 Å². The molecule has 4 saturated carbocycles. The van der Waals surface area contributed by atoms with E-state index in [0.717, 1.165) is 23.3 Å². The quantitative estimate of drug-likeness (QED) is 0.867. The molecule has 0 atom stereocenters. The van der Waals surface area contributed by atoms with Gasteiger partial charge in [0.25, 0.3) is 5.91 Å². The van der Waals surface area contributed by atoms with Gasteiger partial charge in [-0.15, -0.1) is 0 Å². The number of aromatic nitrogens is 1. The second-order valence-electron chi connectivity index (χ2n) is 8.57. The first-order valence-corrected chi connectivity index (χ1v) is 10.2. The minimum absolute atomic E-state index is 0.0236. The molecule has 4 aliphatic rings. The number of hydrogen-bond acceptors (Lipinski definition) is 3. The molecule has 1 amide bonds. The first-order chi connectivity index (χ1) is 13.2.